The topological polar surface area (TPSA) is 92.3 Å². The van der Waals surface area contributed by atoms with Crippen LogP contribution in [0.2, 0.25) is 10.0 Å². The second-order valence-corrected chi connectivity index (χ2v) is 5.23. The molecule has 0 amide bonds. The SMILES string of the molecule is O=C(O)CCc1cnc(COc2c(Cl)cccc2Cl)[nH]c1=O. The maximum Gasteiger partial charge on any atom is 0.303 e. The summed E-state index contributed by atoms with van der Waals surface area (Å²) in [6.45, 7) is -0.0160. The van der Waals surface area contributed by atoms with Crippen molar-refractivity contribution in [2.45, 2.75) is 19.4 Å². The minimum Gasteiger partial charge on any atom is -0.483 e. The van der Waals surface area contributed by atoms with E-state index in [0.717, 1.165) is 0 Å². The number of hydrogen-bond donors (Lipinski definition) is 2. The third-order valence-electron chi connectivity index (χ3n) is 2.81. The van der Waals surface area contributed by atoms with Crippen LogP contribution in [0.5, 0.6) is 5.75 Å². The van der Waals surface area contributed by atoms with Crippen molar-refractivity contribution in [2.24, 2.45) is 0 Å². The maximum atomic E-state index is 11.8. The summed E-state index contributed by atoms with van der Waals surface area (Å²) in [5.41, 5.74) is -0.0815. The fourth-order valence-electron chi connectivity index (χ4n) is 1.71. The molecule has 0 bridgehead atoms. The van der Waals surface area contributed by atoms with Crippen molar-refractivity contribution in [3.8, 4) is 5.75 Å². The first-order valence-corrected chi connectivity index (χ1v) is 7.08. The third-order valence-corrected chi connectivity index (χ3v) is 3.40. The Morgan fingerprint density at radius 3 is 2.59 bits per heavy atom. The number of nitrogens with zero attached hydrogens (tertiary/aromatic N) is 1. The predicted molar refractivity (Wildman–Crippen MR) is 81.6 cm³/mol. The number of ether oxygens (including phenoxy) is 1. The monoisotopic (exact) mass is 342 g/mol. The highest BCUT2D eigenvalue weighted by Crippen LogP contribution is 2.32. The highest BCUT2D eigenvalue weighted by Gasteiger charge is 2.09. The molecule has 1 aromatic heterocycles. The van der Waals surface area contributed by atoms with Crippen molar-refractivity contribution in [3.05, 3.63) is 56.2 Å². The third kappa shape index (κ3) is 4.22. The predicted octanol–water partition coefficient (Wildman–Crippen LogP) is 2.67. The van der Waals surface area contributed by atoms with Gasteiger partial charge in [-0.15, -0.1) is 0 Å². The van der Waals surface area contributed by atoms with Crippen LogP contribution < -0.4 is 10.3 Å². The molecule has 0 aliphatic rings. The lowest BCUT2D eigenvalue weighted by molar-refractivity contribution is -0.136. The van der Waals surface area contributed by atoms with E-state index >= 15 is 0 Å². The molecule has 6 nitrogen and oxygen atoms in total. The number of carboxylic acid groups (broad SMARTS) is 1. The molecule has 2 rings (SSSR count). The van der Waals surface area contributed by atoms with Crippen molar-refractivity contribution in [1.82, 2.24) is 9.97 Å². The highest BCUT2D eigenvalue weighted by molar-refractivity contribution is 6.37. The van der Waals surface area contributed by atoms with Crippen LogP contribution in [-0.2, 0) is 17.8 Å². The summed E-state index contributed by atoms with van der Waals surface area (Å²) in [5, 5.41) is 9.31. The van der Waals surface area contributed by atoms with Crippen LogP contribution in [0.1, 0.15) is 17.8 Å². The van der Waals surface area contributed by atoms with Gasteiger partial charge in [-0.3, -0.25) is 9.59 Å². The Kier molecular flexibility index (Phi) is 5.41. The number of halogens is 2. The second kappa shape index (κ2) is 7.29. The van der Waals surface area contributed by atoms with Gasteiger partial charge in [0.1, 0.15) is 12.4 Å². The van der Waals surface area contributed by atoms with E-state index in [1.807, 2.05) is 0 Å². The molecule has 0 fully saturated rings. The summed E-state index contributed by atoms with van der Waals surface area (Å²) >= 11 is 11.9. The van der Waals surface area contributed by atoms with Crippen molar-refractivity contribution >= 4 is 29.2 Å². The molecule has 0 saturated carbocycles. The molecule has 0 radical (unpaired) electrons. The van der Waals surface area contributed by atoms with E-state index in [9.17, 15) is 9.59 Å². The van der Waals surface area contributed by atoms with Crippen LogP contribution in [-0.4, -0.2) is 21.0 Å². The molecule has 0 spiro atoms. The molecule has 0 unspecified atom stereocenters. The van der Waals surface area contributed by atoms with Gasteiger partial charge < -0.3 is 14.8 Å². The van der Waals surface area contributed by atoms with Gasteiger partial charge >= 0.3 is 5.97 Å². The standard InChI is InChI=1S/C14H12Cl2N2O4/c15-9-2-1-3-10(16)13(9)22-7-11-17-6-8(14(21)18-11)4-5-12(19)20/h1-3,6H,4-5,7H2,(H,19,20)(H,17,18,21). The molecule has 0 saturated heterocycles. The van der Waals surface area contributed by atoms with Crippen LogP contribution in [0.25, 0.3) is 0 Å². The van der Waals surface area contributed by atoms with Gasteiger partial charge in [0.2, 0.25) is 0 Å². The van der Waals surface area contributed by atoms with Gasteiger partial charge in [0.25, 0.3) is 5.56 Å². The lowest BCUT2D eigenvalue weighted by Gasteiger charge is -2.09. The number of H-pyrrole nitrogens is 1. The second-order valence-electron chi connectivity index (χ2n) is 4.42. The summed E-state index contributed by atoms with van der Waals surface area (Å²) in [6.07, 6.45) is 1.33. The Balaban J connectivity index is 2.07. The smallest absolute Gasteiger partial charge is 0.303 e. The Morgan fingerprint density at radius 2 is 2.00 bits per heavy atom. The molecule has 2 aromatic rings. The average Bonchev–Trinajstić information content (AvgIpc) is 2.45. The van der Waals surface area contributed by atoms with Crippen molar-refractivity contribution in [2.75, 3.05) is 0 Å². The molecule has 1 aromatic carbocycles. The zero-order valence-electron chi connectivity index (χ0n) is 11.3. The van der Waals surface area contributed by atoms with Gasteiger partial charge in [0.15, 0.2) is 5.75 Å². The summed E-state index contributed by atoms with van der Waals surface area (Å²) in [4.78, 5) is 28.9. The number of carboxylic acids is 1. The maximum absolute atomic E-state index is 11.8. The lowest BCUT2D eigenvalue weighted by Crippen LogP contribution is -2.18. The van der Waals surface area contributed by atoms with Crippen LogP contribution in [0.4, 0.5) is 0 Å². The molecular formula is C14H12Cl2N2O4. The first-order valence-electron chi connectivity index (χ1n) is 6.33. The highest BCUT2D eigenvalue weighted by atomic mass is 35.5. The van der Waals surface area contributed by atoms with E-state index in [4.69, 9.17) is 33.0 Å². The molecule has 2 N–H and O–H groups in total. The molecule has 116 valence electrons. The number of para-hydroxylation sites is 1. The number of aromatic nitrogens is 2. The number of benzene rings is 1. The largest absolute Gasteiger partial charge is 0.483 e. The van der Waals surface area contributed by atoms with Gasteiger partial charge in [0, 0.05) is 18.2 Å². The molecule has 0 aliphatic heterocycles. The van der Waals surface area contributed by atoms with E-state index in [1.165, 1.54) is 6.20 Å². The van der Waals surface area contributed by atoms with E-state index in [-0.39, 0.29) is 25.0 Å². The van der Waals surface area contributed by atoms with Crippen LogP contribution >= 0.6 is 23.2 Å². The van der Waals surface area contributed by atoms with Gasteiger partial charge in [-0.05, 0) is 18.6 Å². The van der Waals surface area contributed by atoms with Crippen LogP contribution in [0.15, 0.2) is 29.2 Å². The van der Waals surface area contributed by atoms with Gasteiger partial charge in [-0.25, -0.2) is 4.98 Å². The Morgan fingerprint density at radius 1 is 1.32 bits per heavy atom. The molecule has 8 heteroatoms. The fraction of sp³-hybridized carbons (Fsp3) is 0.214. The van der Waals surface area contributed by atoms with Crippen molar-refractivity contribution in [3.63, 3.8) is 0 Å². The lowest BCUT2D eigenvalue weighted by atomic mass is 10.2. The van der Waals surface area contributed by atoms with Crippen molar-refractivity contribution < 1.29 is 14.6 Å². The summed E-state index contributed by atoms with van der Waals surface area (Å²) < 4.78 is 5.46. The Bertz CT molecular complexity index is 726. The van der Waals surface area contributed by atoms with Crippen LogP contribution in [0, 0.1) is 0 Å². The molecule has 0 aliphatic carbocycles. The quantitative estimate of drug-likeness (QED) is 0.841. The molecule has 22 heavy (non-hydrogen) atoms. The number of aliphatic carboxylic acids is 1. The fourth-order valence-corrected chi connectivity index (χ4v) is 2.22. The van der Waals surface area contributed by atoms with E-state index in [1.54, 1.807) is 18.2 Å². The number of rotatable bonds is 6. The van der Waals surface area contributed by atoms with E-state index in [2.05, 4.69) is 9.97 Å². The molecule has 0 atom stereocenters. The molecular weight excluding hydrogens is 331 g/mol. The number of nitrogens with one attached hydrogen (secondary N) is 1. The number of carbonyl (C=O) groups is 1. The summed E-state index contributed by atoms with van der Waals surface area (Å²) in [7, 11) is 0. The number of hydrogen-bond acceptors (Lipinski definition) is 4. The van der Waals surface area contributed by atoms with Gasteiger partial charge in [-0.2, -0.15) is 0 Å². The minimum atomic E-state index is -0.972. The summed E-state index contributed by atoms with van der Waals surface area (Å²) in [6, 6.07) is 4.96. The first-order chi connectivity index (χ1) is 10.5. The van der Waals surface area contributed by atoms with Gasteiger partial charge in [-0.1, -0.05) is 29.3 Å². The molecule has 1 heterocycles. The Labute approximate surface area is 135 Å². The normalized spacial score (nSPS) is 10.5. The van der Waals surface area contributed by atoms with E-state index < -0.39 is 5.97 Å². The minimum absolute atomic E-state index is 0.0160. The van der Waals surface area contributed by atoms with Crippen LogP contribution in [0.3, 0.4) is 0 Å². The number of aromatic amines is 1. The van der Waals surface area contributed by atoms with Crippen molar-refractivity contribution in [1.29, 1.82) is 0 Å². The number of aryl methyl sites for hydroxylation is 1. The average molecular weight is 343 g/mol. The van der Waals surface area contributed by atoms with Gasteiger partial charge in [0.05, 0.1) is 10.0 Å². The van der Waals surface area contributed by atoms with E-state index in [0.29, 0.717) is 27.2 Å². The summed E-state index contributed by atoms with van der Waals surface area (Å²) in [5.74, 6) is -0.372. The Hall–Kier alpha value is -2.05. The zero-order chi connectivity index (χ0) is 16.1. The zero-order valence-corrected chi connectivity index (χ0v) is 12.8. The first kappa shape index (κ1) is 16.3.